The molecular formula is C18H31NO2. The van der Waals surface area contributed by atoms with Gasteiger partial charge in [0.1, 0.15) is 0 Å². The average molecular weight is 293 g/mol. The zero-order valence-corrected chi connectivity index (χ0v) is 13.2. The number of hydrogen-bond acceptors (Lipinski definition) is 3. The van der Waals surface area contributed by atoms with Gasteiger partial charge in [-0.3, -0.25) is 0 Å². The second-order valence-electron chi connectivity index (χ2n) is 5.60. The maximum atomic E-state index is 9.44. The van der Waals surface area contributed by atoms with E-state index in [1.165, 1.54) is 0 Å². The lowest BCUT2D eigenvalue weighted by Gasteiger charge is -2.44. The molecule has 0 saturated carbocycles. The molecule has 0 spiro atoms. The summed E-state index contributed by atoms with van der Waals surface area (Å²) in [6, 6.07) is 0. The molecule has 3 N–H and O–H groups in total. The van der Waals surface area contributed by atoms with Crippen LogP contribution in [0.2, 0.25) is 0 Å². The fraction of sp³-hybridized carbons (Fsp3) is 0.556. The Balaban J connectivity index is 5.50. The number of nitrogens with one attached hydrogen (secondary N) is 1. The summed E-state index contributed by atoms with van der Waals surface area (Å²) in [6.07, 6.45) is 11.5. The van der Waals surface area contributed by atoms with Gasteiger partial charge in [0.05, 0.1) is 0 Å². The molecule has 0 fully saturated rings. The standard InChI is InChI=1S/C18H31NO2/c1-5-9-17(10-6-2,13-15-20)19-18(11-7-3,12-8-4)14-16-21/h5-8,19-21H,1-4,9-16H2. The van der Waals surface area contributed by atoms with Crippen LogP contribution in [0.15, 0.2) is 50.6 Å². The van der Waals surface area contributed by atoms with Gasteiger partial charge in [-0.05, 0) is 38.5 Å². The lowest BCUT2D eigenvalue weighted by molar-refractivity contribution is 0.131. The van der Waals surface area contributed by atoms with Crippen LogP contribution in [0.5, 0.6) is 0 Å². The van der Waals surface area contributed by atoms with Crippen LogP contribution in [0, 0.1) is 0 Å². The third kappa shape index (κ3) is 6.42. The molecule has 0 aromatic rings. The Kier molecular flexibility index (Phi) is 9.97. The molecule has 0 saturated heterocycles. The van der Waals surface area contributed by atoms with Crippen molar-refractivity contribution in [3.63, 3.8) is 0 Å². The van der Waals surface area contributed by atoms with Crippen LogP contribution in [-0.2, 0) is 0 Å². The van der Waals surface area contributed by atoms with Crippen molar-refractivity contribution in [1.29, 1.82) is 0 Å². The fourth-order valence-corrected chi connectivity index (χ4v) is 3.00. The highest BCUT2D eigenvalue weighted by atomic mass is 16.3. The molecule has 3 nitrogen and oxygen atoms in total. The van der Waals surface area contributed by atoms with E-state index in [0.29, 0.717) is 12.8 Å². The fourth-order valence-electron chi connectivity index (χ4n) is 3.00. The summed E-state index contributed by atoms with van der Waals surface area (Å²) >= 11 is 0. The average Bonchev–Trinajstić information content (AvgIpc) is 2.40. The molecule has 3 heteroatoms. The molecule has 0 bridgehead atoms. The minimum atomic E-state index is -0.306. The Hall–Kier alpha value is -1.16. The van der Waals surface area contributed by atoms with Crippen LogP contribution in [0.4, 0.5) is 0 Å². The molecule has 0 heterocycles. The van der Waals surface area contributed by atoms with Crippen molar-refractivity contribution in [1.82, 2.24) is 5.32 Å². The Morgan fingerprint density at radius 1 is 0.667 bits per heavy atom. The van der Waals surface area contributed by atoms with E-state index in [4.69, 9.17) is 0 Å². The first-order chi connectivity index (χ1) is 10.1. The smallest absolute Gasteiger partial charge is 0.0448 e. The molecule has 0 unspecified atom stereocenters. The molecular weight excluding hydrogens is 262 g/mol. The van der Waals surface area contributed by atoms with Gasteiger partial charge in [0.25, 0.3) is 0 Å². The van der Waals surface area contributed by atoms with Crippen molar-refractivity contribution in [3.8, 4) is 0 Å². The van der Waals surface area contributed by atoms with E-state index in [1.54, 1.807) is 0 Å². The molecule has 0 aliphatic carbocycles. The normalized spacial score (nSPS) is 11.9. The van der Waals surface area contributed by atoms with Crippen LogP contribution >= 0.6 is 0 Å². The molecule has 0 atom stereocenters. The first kappa shape index (κ1) is 19.8. The lowest BCUT2D eigenvalue weighted by atomic mass is 9.79. The van der Waals surface area contributed by atoms with E-state index in [0.717, 1.165) is 25.7 Å². The van der Waals surface area contributed by atoms with E-state index in [1.807, 2.05) is 24.3 Å². The molecule has 0 aliphatic rings. The molecule has 0 radical (unpaired) electrons. The second kappa shape index (κ2) is 10.6. The van der Waals surface area contributed by atoms with Gasteiger partial charge in [0.15, 0.2) is 0 Å². The van der Waals surface area contributed by atoms with Gasteiger partial charge in [-0.15, -0.1) is 26.3 Å². The summed E-state index contributed by atoms with van der Waals surface area (Å²) in [6.45, 7) is 15.5. The van der Waals surface area contributed by atoms with Crippen LogP contribution in [0.3, 0.4) is 0 Å². The third-order valence-corrected chi connectivity index (χ3v) is 3.85. The number of aliphatic hydroxyl groups is 2. The van der Waals surface area contributed by atoms with Gasteiger partial charge in [0, 0.05) is 24.3 Å². The maximum absolute atomic E-state index is 9.44. The quantitative estimate of drug-likeness (QED) is 0.431. The molecule has 0 amide bonds. The van der Waals surface area contributed by atoms with Gasteiger partial charge >= 0.3 is 0 Å². The van der Waals surface area contributed by atoms with Crippen molar-refractivity contribution in [2.24, 2.45) is 0 Å². The monoisotopic (exact) mass is 293 g/mol. The second-order valence-corrected chi connectivity index (χ2v) is 5.60. The first-order valence-electron chi connectivity index (χ1n) is 7.52. The van der Waals surface area contributed by atoms with Crippen LogP contribution < -0.4 is 5.32 Å². The van der Waals surface area contributed by atoms with Crippen LogP contribution in [0.25, 0.3) is 0 Å². The SMILES string of the molecule is C=CCC(CC=C)(CCO)NC(CC=C)(CC=C)CCO. The number of hydrogen-bond donors (Lipinski definition) is 3. The van der Waals surface area contributed by atoms with E-state index in [9.17, 15) is 10.2 Å². The minimum Gasteiger partial charge on any atom is -0.396 e. The Bertz CT molecular complexity index is 284. The van der Waals surface area contributed by atoms with Crippen molar-refractivity contribution >= 4 is 0 Å². The van der Waals surface area contributed by atoms with Crippen LogP contribution in [0.1, 0.15) is 38.5 Å². The predicted molar refractivity (Wildman–Crippen MR) is 91.3 cm³/mol. The van der Waals surface area contributed by atoms with Crippen molar-refractivity contribution in [2.45, 2.75) is 49.6 Å². The van der Waals surface area contributed by atoms with Crippen molar-refractivity contribution in [3.05, 3.63) is 50.6 Å². The summed E-state index contributed by atoms with van der Waals surface area (Å²) < 4.78 is 0. The van der Waals surface area contributed by atoms with E-state index < -0.39 is 0 Å². The van der Waals surface area contributed by atoms with Crippen LogP contribution in [-0.4, -0.2) is 34.5 Å². The highest BCUT2D eigenvalue weighted by molar-refractivity contribution is 5.07. The maximum Gasteiger partial charge on any atom is 0.0448 e. The van der Waals surface area contributed by atoms with Gasteiger partial charge in [-0.2, -0.15) is 0 Å². The summed E-state index contributed by atoms with van der Waals surface area (Å²) in [7, 11) is 0. The summed E-state index contributed by atoms with van der Waals surface area (Å²) in [5, 5.41) is 22.6. The third-order valence-electron chi connectivity index (χ3n) is 3.85. The van der Waals surface area contributed by atoms with Gasteiger partial charge in [-0.1, -0.05) is 24.3 Å². The van der Waals surface area contributed by atoms with E-state index in [2.05, 4.69) is 31.6 Å². The molecule has 0 aromatic heterocycles. The topological polar surface area (TPSA) is 52.5 Å². The van der Waals surface area contributed by atoms with Gasteiger partial charge in [-0.25, -0.2) is 0 Å². The number of aliphatic hydroxyl groups excluding tert-OH is 2. The zero-order chi connectivity index (χ0) is 16.2. The summed E-state index contributed by atoms with van der Waals surface area (Å²) in [5.74, 6) is 0. The summed E-state index contributed by atoms with van der Waals surface area (Å²) in [5.41, 5.74) is -0.612. The summed E-state index contributed by atoms with van der Waals surface area (Å²) in [4.78, 5) is 0. The Labute approximate surface area is 129 Å². The highest BCUT2D eigenvalue weighted by Gasteiger charge is 2.37. The first-order valence-corrected chi connectivity index (χ1v) is 7.52. The molecule has 0 aliphatic heterocycles. The highest BCUT2D eigenvalue weighted by Crippen LogP contribution is 2.30. The van der Waals surface area contributed by atoms with Gasteiger partial charge < -0.3 is 15.5 Å². The van der Waals surface area contributed by atoms with Crippen molar-refractivity contribution < 1.29 is 10.2 Å². The minimum absolute atomic E-state index is 0.0893. The molecule has 21 heavy (non-hydrogen) atoms. The molecule has 0 rings (SSSR count). The molecule has 0 aromatic carbocycles. The molecule has 120 valence electrons. The number of rotatable bonds is 14. The lowest BCUT2D eigenvalue weighted by Crippen LogP contribution is -2.58. The zero-order valence-electron chi connectivity index (χ0n) is 13.2. The van der Waals surface area contributed by atoms with E-state index >= 15 is 0 Å². The van der Waals surface area contributed by atoms with Crippen molar-refractivity contribution in [2.75, 3.05) is 13.2 Å². The largest absolute Gasteiger partial charge is 0.396 e. The Morgan fingerprint density at radius 2 is 0.952 bits per heavy atom. The van der Waals surface area contributed by atoms with E-state index in [-0.39, 0.29) is 24.3 Å². The van der Waals surface area contributed by atoms with Gasteiger partial charge in [0.2, 0.25) is 0 Å². The predicted octanol–water partition coefficient (Wildman–Crippen LogP) is 3.12. The Morgan fingerprint density at radius 3 is 1.14 bits per heavy atom.